The Hall–Kier alpha value is 1.80. The van der Waals surface area contributed by atoms with Crippen molar-refractivity contribution in [2.75, 3.05) is 0 Å². The molecular weight excluding hydrogens is 143 g/mol. The van der Waals surface area contributed by atoms with Crippen molar-refractivity contribution in [2.24, 2.45) is 0 Å². The third-order valence-corrected chi connectivity index (χ3v) is 0. The molecule has 4 heavy (non-hydrogen) atoms. The third kappa shape index (κ3) is 9.20. The zero-order valence-electron chi connectivity index (χ0n) is 1.90. The van der Waals surface area contributed by atoms with Gasteiger partial charge in [-0.15, -0.1) is 0 Å². The van der Waals surface area contributed by atoms with E-state index in [1.807, 2.05) is 0 Å². The van der Waals surface area contributed by atoms with E-state index in [1.165, 1.54) is 0 Å². The molecule has 0 aromatic rings. The maximum Gasteiger partial charge on any atom is 0.197 e. The van der Waals surface area contributed by atoms with E-state index in [2.05, 4.69) is 12.5 Å². The second-order valence-electron chi connectivity index (χ2n) is 0. The summed E-state index contributed by atoms with van der Waals surface area (Å²) in [6.45, 7) is 0. The normalized spacial score (nSPS) is 1.00. The van der Waals surface area contributed by atoms with Gasteiger partial charge in [0.2, 0.25) is 0 Å². The molecule has 0 N–H and O–H groups in total. The summed E-state index contributed by atoms with van der Waals surface area (Å²) >= 11 is 2.83. The number of hydrogen-bond donors (Lipinski definition) is 0. The summed E-state index contributed by atoms with van der Waals surface area (Å²) in [5.74, 6) is 0. The maximum atomic E-state index is 7.83. The zero-order valence-corrected chi connectivity index (χ0v) is 6.11. The van der Waals surface area contributed by atoms with E-state index in [9.17, 15) is 0 Å². The van der Waals surface area contributed by atoms with Crippen LogP contribution < -0.4 is 0 Å². The van der Waals surface area contributed by atoms with Crippen LogP contribution in [-0.2, 0) is 29.6 Å². The molecule has 0 rings (SSSR count). The van der Waals surface area contributed by atoms with Crippen molar-refractivity contribution in [2.45, 2.75) is 0 Å². The van der Waals surface area contributed by atoms with Crippen molar-refractivity contribution in [1.29, 1.82) is 0 Å². The molecule has 0 aliphatic heterocycles. The Morgan fingerprint density at radius 1 is 1.25 bits per heavy atom. The quantitative estimate of drug-likeness (QED) is 0.416. The van der Waals surface area contributed by atoms with Gasteiger partial charge in [-0.25, -0.2) is 0 Å². The van der Waals surface area contributed by atoms with Gasteiger partial charge >= 0.3 is 0 Å². The summed E-state index contributed by atoms with van der Waals surface area (Å²) in [7, 11) is 0. The van der Waals surface area contributed by atoms with Gasteiger partial charge in [-0.1, -0.05) is 0 Å². The Bertz CT molecular complexity index is 8.00. The van der Waals surface area contributed by atoms with Crippen molar-refractivity contribution in [3.8, 4) is 0 Å². The topological polar surface area (TPSA) is 17.1 Å². The third-order valence-electron chi connectivity index (χ3n) is 0. The second-order valence-corrected chi connectivity index (χ2v) is 0. The fourth-order valence-corrected chi connectivity index (χ4v) is 0. The minimum atomic E-state index is 0. The Kier molecular flexibility index (Phi) is 91.2. The summed E-state index contributed by atoms with van der Waals surface area (Å²) in [4.78, 5) is 0. The van der Waals surface area contributed by atoms with Crippen LogP contribution in [0, 0.1) is 0 Å². The van der Waals surface area contributed by atoms with Crippen molar-refractivity contribution < 1.29 is 21.3 Å². The Balaban J connectivity index is -0.00000000500. The van der Waals surface area contributed by atoms with Crippen LogP contribution >= 0.6 is 0 Å². The molecule has 0 aliphatic rings. The van der Waals surface area contributed by atoms with Gasteiger partial charge < -0.3 is 0 Å². The second kappa shape index (κ2) is 21.4. The first-order valence-electron chi connectivity index (χ1n) is 0.167. The van der Waals surface area contributed by atoms with Crippen molar-refractivity contribution >= 4 is 50.3 Å². The van der Waals surface area contributed by atoms with E-state index in [4.69, 9.17) is 4.21 Å². The molecule has 0 bridgehead atoms. The van der Waals surface area contributed by atoms with E-state index in [0.717, 1.165) is 0 Å². The Morgan fingerprint density at radius 3 is 1.25 bits per heavy atom. The van der Waals surface area contributed by atoms with Gasteiger partial charge in [-0.3, -0.25) is 0 Å². The van der Waals surface area contributed by atoms with Crippen LogP contribution in [0.2, 0.25) is 0 Å². The van der Waals surface area contributed by atoms with Gasteiger partial charge in [0.25, 0.3) is 0 Å². The summed E-state index contributed by atoms with van der Waals surface area (Å²) < 4.78 is 7.83. The summed E-state index contributed by atoms with van der Waals surface area (Å²) in [6.07, 6.45) is 0. The van der Waals surface area contributed by atoms with Crippen molar-refractivity contribution in [3.63, 3.8) is 0 Å². The molecule has 3 radical (unpaired) electrons. The standard InChI is InChI=1S/Ca.Mn.OS/c;;1-2. The molecule has 0 aromatic carbocycles. The molecule has 1 nitrogen and oxygen atoms in total. The largest absolute Gasteiger partial charge is 0.197 e. The molecule has 0 fully saturated rings. The molecule has 0 unspecified atom stereocenters. The van der Waals surface area contributed by atoms with E-state index in [0.29, 0.717) is 0 Å². The average Bonchev–Trinajstić information content (AvgIpc) is 1.00. The number of rotatable bonds is 0. The molecule has 0 heterocycles. The van der Waals surface area contributed by atoms with Crippen LogP contribution in [0.5, 0.6) is 0 Å². The average molecular weight is 143 g/mol. The first-order valence-corrected chi connectivity index (χ1v) is 0.500. The maximum absolute atomic E-state index is 7.83. The van der Waals surface area contributed by atoms with Gasteiger partial charge in [0.1, 0.15) is 0 Å². The Morgan fingerprint density at radius 2 is 1.25 bits per heavy atom. The summed E-state index contributed by atoms with van der Waals surface area (Å²) in [5, 5.41) is 0. The van der Waals surface area contributed by atoms with E-state index >= 15 is 0 Å². The van der Waals surface area contributed by atoms with Crippen LogP contribution in [0.3, 0.4) is 0 Å². The molecule has 21 valence electrons. The zero-order chi connectivity index (χ0) is 2.00. The van der Waals surface area contributed by atoms with Gasteiger partial charge in [0, 0.05) is 54.8 Å². The van der Waals surface area contributed by atoms with Crippen molar-refractivity contribution in [3.05, 3.63) is 0 Å². The number of hydrogen-bond acceptors (Lipinski definition) is 2. The van der Waals surface area contributed by atoms with Crippen LogP contribution in [0.1, 0.15) is 0 Å². The van der Waals surface area contributed by atoms with Crippen LogP contribution in [-0.4, -0.2) is 41.9 Å². The van der Waals surface area contributed by atoms with Gasteiger partial charge in [0.15, 0.2) is 12.5 Å². The SMILES string of the molecule is O=S.[Ca].[Mn]. The van der Waals surface area contributed by atoms with Crippen LogP contribution in [0.15, 0.2) is 0 Å². The molecule has 4 heteroatoms. The van der Waals surface area contributed by atoms with Gasteiger partial charge in [0.05, 0.1) is 0 Å². The Labute approximate surface area is 70.5 Å². The summed E-state index contributed by atoms with van der Waals surface area (Å²) in [6, 6.07) is 0. The predicted octanol–water partition coefficient (Wildman–Crippen LogP) is -0.720. The van der Waals surface area contributed by atoms with E-state index in [-0.39, 0.29) is 54.8 Å². The molecule has 0 spiro atoms. The minimum absolute atomic E-state index is 0. The predicted molar refractivity (Wildman–Crippen MR) is 13.9 cm³/mol. The van der Waals surface area contributed by atoms with E-state index in [1.54, 1.807) is 0 Å². The molecule has 0 saturated heterocycles. The first-order chi connectivity index (χ1) is 1.00. The molecule has 0 aromatic heterocycles. The monoisotopic (exact) mass is 143 g/mol. The van der Waals surface area contributed by atoms with Gasteiger partial charge in [-0.2, -0.15) is 4.21 Å². The molecule has 0 aliphatic carbocycles. The van der Waals surface area contributed by atoms with Crippen LogP contribution in [0.4, 0.5) is 0 Å². The molecule has 0 atom stereocenters. The minimum Gasteiger partial charge on any atom is -0.197 e. The molecular formula is CaMnOS. The summed E-state index contributed by atoms with van der Waals surface area (Å²) in [5.41, 5.74) is 0. The molecule has 0 amide bonds. The first kappa shape index (κ1) is 17.0. The van der Waals surface area contributed by atoms with Crippen LogP contribution in [0.25, 0.3) is 0 Å². The van der Waals surface area contributed by atoms with E-state index < -0.39 is 0 Å². The fourth-order valence-electron chi connectivity index (χ4n) is 0. The molecule has 0 saturated carbocycles. The fraction of sp³-hybridized carbons (Fsp3) is 0. The van der Waals surface area contributed by atoms with Gasteiger partial charge in [-0.05, 0) is 0 Å². The smallest absolute Gasteiger partial charge is 0.197 e. The van der Waals surface area contributed by atoms with Crippen molar-refractivity contribution in [1.82, 2.24) is 0 Å².